The summed E-state index contributed by atoms with van der Waals surface area (Å²) in [7, 11) is 0. The van der Waals surface area contributed by atoms with Gasteiger partial charge in [-0.25, -0.2) is 0 Å². The van der Waals surface area contributed by atoms with Crippen LogP contribution in [0, 0.1) is 23.2 Å². The number of hydrogen-bond donors (Lipinski definition) is 0. The van der Waals surface area contributed by atoms with Gasteiger partial charge < -0.3 is 0 Å². The highest BCUT2D eigenvalue weighted by molar-refractivity contribution is 9.10. The molecule has 0 nitrogen and oxygen atoms in total. The summed E-state index contributed by atoms with van der Waals surface area (Å²) in [6.45, 7) is 0. The van der Waals surface area contributed by atoms with Gasteiger partial charge in [-0.15, -0.1) is 0 Å². The lowest BCUT2D eigenvalue weighted by molar-refractivity contribution is -0.175. The van der Waals surface area contributed by atoms with Gasteiger partial charge in [0, 0.05) is 4.47 Å². The van der Waals surface area contributed by atoms with E-state index in [-0.39, 0.29) is 0 Å². The Morgan fingerprint density at radius 2 is 1.59 bits per heavy atom. The topological polar surface area (TPSA) is 0 Å². The molecular weight excluding hydrogens is 272 g/mol. The molecule has 2 bridgehead atoms. The Hall–Kier alpha value is -0.300. The zero-order valence-corrected chi connectivity index (χ0v) is 11.5. The highest BCUT2D eigenvalue weighted by Gasteiger charge is 2.77. The van der Waals surface area contributed by atoms with E-state index in [1.165, 1.54) is 23.7 Å². The number of hydrogen-bond acceptors (Lipinski definition) is 0. The van der Waals surface area contributed by atoms with Crippen molar-refractivity contribution >= 4 is 15.9 Å². The van der Waals surface area contributed by atoms with Gasteiger partial charge in [0.1, 0.15) is 0 Å². The molecule has 0 heterocycles. The summed E-state index contributed by atoms with van der Waals surface area (Å²) in [6, 6.07) is 9.23. The molecule has 1 heteroatoms. The number of rotatable bonds is 1. The molecule has 4 saturated carbocycles. The molecule has 5 atom stereocenters. The molecule has 17 heavy (non-hydrogen) atoms. The standard InChI is InChI=1S/C16H17Br/c17-14-3-1-10(2-4-14)15-7-12-5-11-6-13(8-15)16(11,12)9-15/h1-4,11-13H,5-9H2/t11?,12-,13+,15?,16?. The molecule has 4 fully saturated rings. The van der Waals surface area contributed by atoms with Crippen LogP contribution in [0.25, 0.3) is 0 Å². The SMILES string of the molecule is Brc1ccc(C23C[C@H]4CC5C[C@@H](C2)C54C3)cc1. The first-order chi connectivity index (χ1) is 8.23. The molecular formula is C16H17Br. The molecule has 0 aliphatic heterocycles. The van der Waals surface area contributed by atoms with Crippen molar-refractivity contribution in [1.82, 2.24) is 0 Å². The summed E-state index contributed by atoms with van der Waals surface area (Å²) in [4.78, 5) is 0. The summed E-state index contributed by atoms with van der Waals surface area (Å²) >= 11 is 3.56. The second kappa shape index (κ2) is 2.66. The largest absolute Gasteiger partial charge is 0.0574 e. The zero-order valence-electron chi connectivity index (χ0n) is 9.95. The Balaban J connectivity index is 1.62. The Bertz CT molecular complexity index is 485. The smallest absolute Gasteiger partial charge is 0.0175 e. The number of fused-ring (bicyclic) bond motifs is 1. The molecule has 3 unspecified atom stereocenters. The summed E-state index contributed by atoms with van der Waals surface area (Å²) in [5, 5.41) is 0. The van der Waals surface area contributed by atoms with Crippen LogP contribution in [0.4, 0.5) is 0 Å². The summed E-state index contributed by atoms with van der Waals surface area (Å²) in [6.07, 6.45) is 7.66. The van der Waals surface area contributed by atoms with Crippen LogP contribution in [0.2, 0.25) is 0 Å². The molecule has 1 spiro atoms. The molecule has 1 aromatic carbocycles. The van der Waals surface area contributed by atoms with E-state index in [4.69, 9.17) is 0 Å². The minimum Gasteiger partial charge on any atom is -0.0574 e. The Morgan fingerprint density at radius 3 is 2.12 bits per heavy atom. The molecule has 0 N–H and O–H groups in total. The van der Waals surface area contributed by atoms with E-state index in [2.05, 4.69) is 40.2 Å². The molecule has 88 valence electrons. The monoisotopic (exact) mass is 288 g/mol. The van der Waals surface area contributed by atoms with Gasteiger partial charge in [0.15, 0.2) is 0 Å². The molecule has 4 aliphatic rings. The lowest BCUT2D eigenvalue weighted by Crippen LogP contribution is -2.59. The van der Waals surface area contributed by atoms with Crippen LogP contribution in [-0.2, 0) is 5.41 Å². The van der Waals surface area contributed by atoms with E-state index in [0.717, 1.165) is 23.2 Å². The normalized spacial score (nSPS) is 52.9. The Labute approximate surface area is 111 Å². The molecule has 0 aromatic heterocycles. The molecule has 0 radical (unpaired) electrons. The maximum atomic E-state index is 3.56. The van der Waals surface area contributed by atoms with Crippen molar-refractivity contribution in [3.05, 3.63) is 34.3 Å². The van der Waals surface area contributed by atoms with Gasteiger partial charge in [-0.1, -0.05) is 28.1 Å². The lowest BCUT2D eigenvalue weighted by Gasteiger charge is -2.66. The quantitative estimate of drug-likeness (QED) is 0.712. The van der Waals surface area contributed by atoms with Gasteiger partial charge in [0.05, 0.1) is 0 Å². The molecule has 5 rings (SSSR count). The number of halogens is 1. The van der Waals surface area contributed by atoms with Gasteiger partial charge in [-0.3, -0.25) is 0 Å². The minimum atomic E-state index is 0.585. The average molecular weight is 289 g/mol. The predicted octanol–water partition coefficient (Wildman–Crippen LogP) is 4.53. The maximum Gasteiger partial charge on any atom is 0.0175 e. The highest BCUT2D eigenvalue weighted by atomic mass is 79.9. The first-order valence-electron chi connectivity index (χ1n) is 6.99. The van der Waals surface area contributed by atoms with Crippen molar-refractivity contribution in [2.45, 2.75) is 37.5 Å². The third kappa shape index (κ3) is 0.885. The van der Waals surface area contributed by atoms with Crippen molar-refractivity contribution < 1.29 is 0 Å². The zero-order chi connectivity index (χ0) is 11.3. The molecule has 0 amide bonds. The van der Waals surface area contributed by atoms with Crippen LogP contribution >= 0.6 is 15.9 Å². The van der Waals surface area contributed by atoms with E-state index in [1.807, 2.05) is 0 Å². The van der Waals surface area contributed by atoms with Crippen molar-refractivity contribution in [3.8, 4) is 0 Å². The third-order valence-electron chi connectivity index (χ3n) is 6.79. The fourth-order valence-corrected chi connectivity index (χ4v) is 6.48. The average Bonchev–Trinajstić information content (AvgIpc) is 2.76. The molecule has 1 aromatic rings. The van der Waals surface area contributed by atoms with Crippen LogP contribution in [-0.4, -0.2) is 0 Å². The van der Waals surface area contributed by atoms with E-state index in [9.17, 15) is 0 Å². The van der Waals surface area contributed by atoms with E-state index >= 15 is 0 Å². The second-order valence-corrected chi connectivity index (χ2v) is 7.96. The summed E-state index contributed by atoms with van der Waals surface area (Å²) < 4.78 is 1.22. The van der Waals surface area contributed by atoms with Crippen LogP contribution in [0.5, 0.6) is 0 Å². The van der Waals surface area contributed by atoms with Gasteiger partial charge in [-0.05, 0) is 78.4 Å². The first kappa shape index (κ1) is 9.61. The fourth-order valence-electron chi connectivity index (χ4n) is 6.22. The van der Waals surface area contributed by atoms with E-state index in [0.29, 0.717) is 5.41 Å². The van der Waals surface area contributed by atoms with Gasteiger partial charge in [0.2, 0.25) is 0 Å². The van der Waals surface area contributed by atoms with Crippen molar-refractivity contribution in [2.75, 3.05) is 0 Å². The summed E-state index contributed by atoms with van der Waals surface area (Å²) in [5.74, 6) is 3.34. The van der Waals surface area contributed by atoms with Crippen molar-refractivity contribution in [2.24, 2.45) is 23.2 Å². The van der Waals surface area contributed by atoms with Crippen LogP contribution in [0.15, 0.2) is 28.7 Å². The van der Waals surface area contributed by atoms with Crippen molar-refractivity contribution in [3.63, 3.8) is 0 Å². The second-order valence-electron chi connectivity index (χ2n) is 7.05. The van der Waals surface area contributed by atoms with Crippen LogP contribution in [0.1, 0.15) is 37.7 Å². The van der Waals surface area contributed by atoms with Crippen LogP contribution in [0.3, 0.4) is 0 Å². The summed E-state index contributed by atoms with van der Waals surface area (Å²) in [5.41, 5.74) is 3.08. The van der Waals surface area contributed by atoms with Crippen LogP contribution < -0.4 is 0 Å². The fraction of sp³-hybridized carbons (Fsp3) is 0.625. The van der Waals surface area contributed by atoms with Gasteiger partial charge >= 0.3 is 0 Å². The van der Waals surface area contributed by atoms with Gasteiger partial charge in [0.25, 0.3) is 0 Å². The first-order valence-corrected chi connectivity index (χ1v) is 7.78. The Morgan fingerprint density at radius 1 is 0.941 bits per heavy atom. The lowest BCUT2D eigenvalue weighted by atomic mass is 9.38. The maximum absolute atomic E-state index is 3.56. The van der Waals surface area contributed by atoms with Crippen molar-refractivity contribution in [1.29, 1.82) is 0 Å². The van der Waals surface area contributed by atoms with E-state index < -0.39 is 0 Å². The third-order valence-corrected chi connectivity index (χ3v) is 7.32. The Kier molecular flexibility index (Phi) is 1.50. The van der Waals surface area contributed by atoms with Gasteiger partial charge in [-0.2, -0.15) is 0 Å². The minimum absolute atomic E-state index is 0.585. The molecule has 0 saturated heterocycles. The number of benzene rings is 1. The van der Waals surface area contributed by atoms with E-state index in [1.54, 1.807) is 18.4 Å². The predicted molar refractivity (Wildman–Crippen MR) is 71.8 cm³/mol. The molecule has 4 aliphatic carbocycles. The highest BCUT2D eigenvalue weighted by Crippen LogP contribution is 2.84.